The minimum absolute atomic E-state index is 0. The van der Waals surface area contributed by atoms with Crippen LogP contribution in [0.25, 0.3) is 0 Å². The standard InChI is InChI=1S/C19H30N6OS.HI/c1-14-7-10-25(11-8-14)16(17-5-4-12-27-17)13-22-19(20-3)21-9-6-18-23-15(2)24-26-18;/h4-5,12,14,16H,6-11,13H2,1-3H3,(H2,20,21,22);1H. The van der Waals surface area contributed by atoms with Crippen molar-refractivity contribution in [3.05, 3.63) is 34.1 Å². The summed E-state index contributed by atoms with van der Waals surface area (Å²) in [5.41, 5.74) is 0. The minimum atomic E-state index is 0. The Bertz CT molecular complexity index is 712. The Hall–Kier alpha value is -1.20. The van der Waals surface area contributed by atoms with Gasteiger partial charge in [0.05, 0.1) is 6.04 Å². The Balaban J connectivity index is 0.00000280. The number of nitrogens with one attached hydrogen (secondary N) is 2. The van der Waals surface area contributed by atoms with Crippen LogP contribution in [0.1, 0.15) is 42.4 Å². The van der Waals surface area contributed by atoms with Crippen LogP contribution in [0, 0.1) is 12.8 Å². The van der Waals surface area contributed by atoms with Gasteiger partial charge in [0.25, 0.3) is 0 Å². The number of aromatic nitrogens is 2. The maximum atomic E-state index is 5.15. The molecule has 2 aromatic heterocycles. The molecule has 0 radical (unpaired) electrons. The second-order valence-electron chi connectivity index (χ2n) is 7.11. The third kappa shape index (κ3) is 6.70. The Kier molecular flexibility index (Phi) is 9.66. The molecule has 0 spiro atoms. The lowest BCUT2D eigenvalue weighted by Crippen LogP contribution is -2.45. The van der Waals surface area contributed by atoms with E-state index in [-0.39, 0.29) is 24.0 Å². The fourth-order valence-electron chi connectivity index (χ4n) is 3.37. The van der Waals surface area contributed by atoms with Crippen molar-refractivity contribution in [3.8, 4) is 0 Å². The number of hydrogen-bond donors (Lipinski definition) is 2. The summed E-state index contributed by atoms with van der Waals surface area (Å²) in [6.45, 7) is 8.04. The zero-order valence-corrected chi connectivity index (χ0v) is 20.0. The number of hydrogen-bond acceptors (Lipinski definition) is 6. The van der Waals surface area contributed by atoms with Gasteiger partial charge in [0.15, 0.2) is 11.8 Å². The van der Waals surface area contributed by atoms with Gasteiger partial charge in [-0.2, -0.15) is 4.98 Å². The molecule has 1 aliphatic rings. The molecule has 1 fully saturated rings. The summed E-state index contributed by atoms with van der Waals surface area (Å²) in [4.78, 5) is 12.6. The molecule has 156 valence electrons. The van der Waals surface area contributed by atoms with Crippen LogP contribution in [0.3, 0.4) is 0 Å². The number of rotatable bonds is 7. The van der Waals surface area contributed by atoms with Crippen molar-refractivity contribution in [2.75, 3.05) is 33.2 Å². The zero-order valence-electron chi connectivity index (χ0n) is 16.9. The van der Waals surface area contributed by atoms with Crippen molar-refractivity contribution in [1.29, 1.82) is 0 Å². The molecule has 2 aromatic rings. The summed E-state index contributed by atoms with van der Waals surface area (Å²) >= 11 is 1.83. The lowest BCUT2D eigenvalue weighted by Gasteiger charge is -2.36. The molecule has 0 saturated carbocycles. The highest BCUT2D eigenvalue weighted by molar-refractivity contribution is 14.0. The molecule has 1 atom stereocenters. The summed E-state index contributed by atoms with van der Waals surface area (Å²) < 4.78 is 5.15. The maximum Gasteiger partial charge on any atom is 0.228 e. The first kappa shape index (κ1) is 23.1. The monoisotopic (exact) mass is 518 g/mol. The van der Waals surface area contributed by atoms with Gasteiger partial charge in [-0.25, -0.2) is 0 Å². The Morgan fingerprint density at radius 1 is 1.39 bits per heavy atom. The van der Waals surface area contributed by atoms with Crippen LogP contribution in [-0.2, 0) is 6.42 Å². The predicted molar refractivity (Wildman–Crippen MR) is 125 cm³/mol. The molecule has 7 nitrogen and oxygen atoms in total. The van der Waals surface area contributed by atoms with E-state index in [9.17, 15) is 0 Å². The fraction of sp³-hybridized carbons (Fsp3) is 0.632. The van der Waals surface area contributed by atoms with Gasteiger partial charge in [0.2, 0.25) is 5.89 Å². The molecule has 1 saturated heterocycles. The number of likely N-dealkylation sites (tertiary alicyclic amines) is 1. The molecule has 0 aliphatic carbocycles. The summed E-state index contributed by atoms with van der Waals surface area (Å²) in [7, 11) is 1.80. The van der Waals surface area contributed by atoms with E-state index < -0.39 is 0 Å². The highest BCUT2D eigenvalue weighted by Crippen LogP contribution is 2.28. The number of aliphatic imine (C=N–C) groups is 1. The molecule has 0 amide bonds. The van der Waals surface area contributed by atoms with Gasteiger partial charge in [0.1, 0.15) is 0 Å². The van der Waals surface area contributed by atoms with Crippen molar-refractivity contribution in [3.63, 3.8) is 0 Å². The molecule has 3 heterocycles. The largest absolute Gasteiger partial charge is 0.356 e. The van der Waals surface area contributed by atoms with Crippen LogP contribution in [0.2, 0.25) is 0 Å². The Labute approximate surface area is 188 Å². The molecule has 3 rings (SSSR count). The van der Waals surface area contributed by atoms with E-state index in [1.54, 1.807) is 7.05 Å². The van der Waals surface area contributed by atoms with Crippen molar-refractivity contribution >= 4 is 41.3 Å². The SMILES string of the molecule is CN=C(NCCc1nc(C)no1)NCC(c1cccs1)N1CCC(C)CC1.I. The molecule has 1 aliphatic heterocycles. The van der Waals surface area contributed by atoms with E-state index >= 15 is 0 Å². The van der Waals surface area contributed by atoms with Crippen molar-refractivity contribution in [2.45, 2.75) is 39.2 Å². The van der Waals surface area contributed by atoms with Crippen molar-refractivity contribution in [1.82, 2.24) is 25.7 Å². The van der Waals surface area contributed by atoms with Crippen LogP contribution in [-0.4, -0.2) is 54.2 Å². The molecule has 0 bridgehead atoms. The summed E-state index contributed by atoms with van der Waals surface area (Å²) in [5, 5.41) is 12.8. The minimum Gasteiger partial charge on any atom is -0.356 e. The van der Waals surface area contributed by atoms with Gasteiger partial charge < -0.3 is 15.2 Å². The highest BCUT2D eigenvalue weighted by Gasteiger charge is 2.25. The zero-order chi connectivity index (χ0) is 19.1. The highest BCUT2D eigenvalue weighted by atomic mass is 127. The van der Waals surface area contributed by atoms with E-state index in [1.165, 1.54) is 17.7 Å². The summed E-state index contributed by atoms with van der Waals surface area (Å²) in [6, 6.07) is 4.76. The first-order valence-corrected chi connectivity index (χ1v) is 10.5. The molecule has 28 heavy (non-hydrogen) atoms. The smallest absolute Gasteiger partial charge is 0.228 e. The second kappa shape index (κ2) is 11.7. The number of halogens is 1. The van der Waals surface area contributed by atoms with Crippen LogP contribution in [0.15, 0.2) is 27.0 Å². The molecule has 0 aromatic carbocycles. The number of thiophene rings is 1. The quantitative estimate of drug-likeness (QED) is 0.333. The number of piperidine rings is 1. The topological polar surface area (TPSA) is 78.6 Å². The molecule has 2 N–H and O–H groups in total. The van der Waals surface area contributed by atoms with Crippen molar-refractivity contribution < 1.29 is 4.52 Å². The number of aryl methyl sites for hydroxylation is 1. The third-order valence-corrected chi connectivity index (χ3v) is 5.99. The van der Waals surface area contributed by atoms with Crippen molar-refractivity contribution in [2.24, 2.45) is 10.9 Å². The molecular weight excluding hydrogens is 487 g/mol. The number of nitrogens with zero attached hydrogens (tertiary/aromatic N) is 4. The van der Waals surface area contributed by atoms with Crippen LogP contribution >= 0.6 is 35.3 Å². The second-order valence-corrected chi connectivity index (χ2v) is 8.09. The van der Waals surface area contributed by atoms with E-state index in [1.807, 2.05) is 18.3 Å². The predicted octanol–water partition coefficient (Wildman–Crippen LogP) is 3.24. The van der Waals surface area contributed by atoms with Gasteiger partial charge in [0, 0.05) is 31.4 Å². The van der Waals surface area contributed by atoms with E-state index in [0.717, 1.165) is 31.5 Å². The van der Waals surface area contributed by atoms with Gasteiger partial charge in [-0.3, -0.25) is 9.89 Å². The van der Waals surface area contributed by atoms with Crippen LogP contribution < -0.4 is 10.6 Å². The molecule has 1 unspecified atom stereocenters. The lowest BCUT2D eigenvalue weighted by molar-refractivity contribution is 0.140. The fourth-order valence-corrected chi connectivity index (χ4v) is 4.24. The average Bonchev–Trinajstić information content (AvgIpc) is 3.34. The van der Waals surface area contributed by atoms with Gasteiger partial charge >= 0.3 is 0 Å². The molecular formula is C19H31IN6OS. The van der Waals surface area contributed by atoms with E-state index in [0.29, 0.717) is 30.7 Å². The van der Waals surface area contributed by atoms with E-state index in [4.69, 9.17) is 4.52 Å². The maximum absolute atomic E-state index is 5.15. The van der Waals surface area contributed by atoms with Crippen LogP contribution in [0.4, 0.5) is 0 Å². The summed E-state index contributed by atoms with van der Waals surface area (Å²) in [5.74, 6) is 2.95. The van der Waals surface area contributed by atoms with Gasteiger partial charge in [-0.05, 0) is 50.2 Å². The van der Waals surface area contributed by atoms with Gasteiger partial charge in [-0.1, -0.05) is 18.1 Å². The Morgan fingerprint density at radius 3 is 2.79 bits per heavy atom. The molecule has 9 heteroatoms. The van der Waals surface area contributed by atoms with Crippen LogP contribution in [0.5, 0.6) is 0 Å². The lowest BCUT2D eigenvalue weighted by atomic mass is 9.97. The Morgan fingerprint density at radius 2 is 2.18 bits per heavy atom. The first-order valence-electron chi connectivity index (χ1n) is 9.67. The average molecular weight is 518 g/mol. The first-order chi connectivity index (χ1) is 13.2. The normalized spacial score (nSPS) is 17.2. The third-order valence-electron chi connectivity index (χ3n) is 5.02. The van der Waals surface area contributed by atoms with E-state index in [2.05, 4.69) is 55.1 Å². The summed E-state index contributed by atoms with van der Waals surface area (Å²) in [6.07, 6.45) is 3.23. The number of guanidine groups is 1. The van der Waals surface area contributed by atoms with Gasteiger partial charge in [-0.15, -0.1) is 35.3 Å².